The van der Waals surface area contributed by atoms with Gasteiger partial charge in [0.05, 0.1) is 17.8 Å². The van der Waals surface area contributed by atoms with Crippen LogP contribution in [0.3, 0.4) is 0 Å². The standard InChI is InChI=1S/C13H17N3O2/c1-13(2)12(17)16(14)10-7-11-8(4-3-5-18-11)6-9(10)15-13/h3-5,7,10,12,17H,6,14H2,1-2H3/t10?,12-/m1/s1. The van der Waals surface area contributed by atoms with Crippen LogP contribution in [0.2, 0.25) is 0 Å². The molecular weight excluding hydrogens is 230 g/mol. The van der Waals surface area contributed by atoms with E-state index in [0.717, 1.165) is 17.0 Å². The molecule has 5 heteroatoms. The molecule has 0 aromatic carbocycles. The fraction of sp³-hybridized carbons (Fsp3) is 0.462. The van der Waals surface area contributed by atoms with Crippen LogP contribution in [-0.2, 0) is 4.74 Å². The Morgan fingerprint density at radius 1 is 1.56 bits per heavy atom. The van der Waals surface area contributed by atoms with E-state index in [9.17, 15) is 5.11 Å². The van der Waals surface area contributed by atoms with E-state index in [4.69, 9.17) is 10.6 Å². The molecule has 0 saturated carbocycles. The highest BCUT2D eigenvalue weighted by Gasteiger charge is 2.43. The zero-order chi connectivity index (χ0) is 12.9. The van der Waals surface area contributed by atoms with Crippen LogP contribution >= 0.6 is 0 Å². The molecule has 0 radical (unpaired) electrons. The molecule has 96 valence electrons. The van der Waals surface area contributed by atoms with Crippen LogP contribution < -0.4 is 5.84 Å². The van der Waals surface area contributed by atoms with E-state index in [0.29, 0.717) is 6.42 Å². The topological polar surface area (TPSA) is 71.1 Å². The van der Waals surface area contributed by atoms with Crippen molar-refractivity contribution in [1.82, 2.24) is 5.01 Å². The molecule has 3 N–H and O–H groups in total. The third-order valence-corrected chi connectivity index (χ3v) is 3.58. The lowest BCUT2D eigenvalue weighted by Gasteiger charge is -2.44. The molecule has 5 nitrogen and oxygen atoms in total. The van der Waals surface area contributed by atoms with Gasteiger partial charge in [0.2, 0.25) is 0 Å². The molecule has 0 spiro atoms. The van der Waals surface area contributed by atoms with Crippen molar-refractivity contribution in [2.45, 2.75) is 38.1 Å². The van der Waals surface area contributed by atoms with E-state index >= 15 is 0 Å². The second-order valence-corrected chi connectivity index (χ2v) is 5.37. The summed E-state index contributed by atoms with van der Waals surface area (Å²) < 4.78 is 5.46. The van der Waals surface area contributed by atoms with Crippen LogP contribution in [0.15, 0.2) is 40.8 Å². The van der Waals surface area contributed by atoms with Gasteiger partial charge in [-0.2, -0.15) is 0 Å². The fourth-order valence-electron chi connectivity index (χ4n) is 2.57. The molecule has 2 atom stereocenters. The minimum Gasteiger partial charge on any atom is -0.465 e. The van der Waals surface area contributed by atoms with Crippen molar-refractivity contribution in [3.05, 3.63) is 35.8 Å². The molecule has 0 fully saturated rings. The van der Waals surface area contributed by atoms with Crippen molar-refractivity contribution in [2.24, 2.45) is 10.8 Å². The molecular formula is C13H17N3O2. The summed E-state index contributed by atoms with van der Waals surface area (Å²) in [5, 5.41) is 11.6. The van der Waals surface area contributed by atoms with Crippen molar-refractivity contribution >= 4 is 5.71 Å². The van der Waals surface area contributed by atoms with Gasteiger partial charge in [0.1, 0.15) is 12.0 Å². The number of hydrogen-bond donors (Lipinski definition) is 2. The Morgan fingerprint density at radius 2 is 2.33 bits per heavy atom. The molecule has 3 aliphatic rings. The average Bonchev–Trinajstić information content (AvgIpc) is 2.34. The summed E-state index contributed by atoms with van der Waals surface area (Å²) in [4.78, 5) is 4.64. The van der Waals surface area contributed by atoms with Gasteiger partial charge in [-0.25, -0.2) is 5.01 Å². The Hall–Kier alpha value is -1.43. The van der Waals surface area contributed by atoms with Crippen LogP contribution in [0, 0.1) is 0 Å². The lowest BCUT2D eigenvalue weighted by atomic mass is 9.88. The summed E-state index contributed by atoms with van der Waals surface area (Å²) >= 11 is 0. The van der Waals surface area contributed by atoms with E-state index in [2.05, 4.69) is 4.99 Å². The number of rotatable bonds is 0. The summed E-state index contributed by atoms with van der Waals surface area (Å²) in [6, 6.07) is -0.188. The number of allylic oxidation sites excluding steroid dienone is 3. The summed E-state index contributed by atoms with van der Waals surface area (Å²) in [6.07, 6.45) is 7.36. The molecule has 1 unspecified atom stereocenters. The number of ether oxygens (including phenoxy) is 1. The van der Waals surface area contributed by atoms with E-state index in [1.165, 1.54) is 5.01 Å². The largest absolute Gasteiger partial charge is 0.465 e. The van der Waals surface area contributed by atoms with Crippen molar-refractivity contribution in [3.63, 3.8) is 0 Å². The van der Waals surface area contributed by atoms with Gasteiger partial charge in [-0.3, -0.25) is 10.8 Å². The molecule has 0 saturated heterocycles. The number of hydrazine groups is 1. The molecule has 18 heavy (non-hydrogen) atoms. The Labute approximate surface area is 106 Å². The summed E-state index contributed by atoms with van der Waals surface area (Å²) in [7, 11) is 0. The number of fused-ring (bicyclic) bond motifs is 2. The Balaban J connectivity index is 2.05. The first-order chi connectivity index (χ1) is 8.49. The second-order valence-electron chi connectivity index (χ2n) is 5.37. The maximum Gasteiger partial charge on any atom is 0.145 e. The molecule has 0 aromatic rings. The van der Waals surface area contributed by atoms with Gasteiger partial charge < -0.3 is 9.84 Å². The van der Waals surface area contributed by atoms with Crippen LogP contribution in [0.5, 0.6) is 0 Å². The third kappa shape index (κ3) is 1.63. The van der Waals surface area contributed by atoms with Crippen molar-refractivity contribution in [2.75, 3.05) is 0 Å². The van der Waals surface area contributed by atoms with E-state index < -0.39 is 11.8 Å². The average molecular weight is 247 g/mol. The van der Waals surface area contributed by atoms with Gasteiger partial charge in [-0.1, -0.05) is 6.08 Å². The van der Waals surface area contributed by atoms with Gasteiger partial charge in [-0.05, 0) is 26.0 Å². The predicted molar refractivity (Wildman–Crippen MR) is 68.3 cm³/mol. The third-order valence-electron chi connectivity index (χ3n) is 3.58. The lowest BCUT2D eigenvalue weighted by molar-refractivity contribution is -0.0547. The van der Waals surface area contributed by atoms with E-state index in [1.807, 2.05) is 32.1 Å². The number of aliphatic hydroxyl groups is 1. The first kappa shape index (κ1) is 11.6. The Morgan fingerprint density at radius 3 is 3.11 bits per heavy atom. The van der Waals surface area contributed by atoms with Gasteiger partial charge in [0.15, 0.2) is 0 Å². The minimum atomic E-state index is -0.798. The molecule has 3 rings (SSSR count). The first-order valence-electron chi connectivity index (χ1n) is 6.03. The highest BCUT2D eigenvalue weighted by atomic mass is 16.5. The van der Waals surface area contributed by atoms with Gasteiger partial charge in [-0.15, -0.1) is 0 Å². The van der Waals surface area contributed by atoms with Gasteiger partial charge in [0.25, 0.3) is 0 Å². The van der Waals surface area contributed by atoms with E-state index in [1.54, 1.807) is 6.26 Å². The zero-order valence-corrected chi connectivity index (χ0v) is 10.5. The van der Waals surface area contributed by atoms with Crippen molar-refractivity contribution in [1.29, 1.82) is 0 Å². The minimum absolute atomic E-state index is 0.188. The molecule has 0 bridgehead atoms. The highest BCUT2D eigenvalue weighted by Crippen LogP contribution is 2.34. The summed E-state index contributed by atoms with van der Waals surface area (Å²) in [6.45, 7) is 3.76. The summed E-state index contributed by atoms with van der Waals surface area (Å²) in [5.41, 5.74) is 1.49. The number of aliphatic hydroxyl groups excluding tert-OH is 1. The van der Waals surface area contributed by atoms with Gasteiger partial charge >= 0.3 is 0 Å². The molecule has 0 aromatic heterocycles. The lowest BCUT2D eigenvalue weighted by Crippen LogP contribution is -2.62. The molecule has 0 amide bonds. The number of aliphatic imine (C=N–C) groups is 1. The van der Waals surface area contributed by atoms with E-state index in [-0.39, 0.29) is 6.04 Å². The maximum atomic E-state index is 10.1. The smallest absolute Gasteiger partial charge is 0.145 e. The van der Waals surface area contributed by atoms with Crippen molar-refractivity contribution in [3.8, 4) is 0 Å². The number of nitrogens with zero attached hydrogens (tertiary/aromatic N) is 2. The van der Waals surface area contributed by atoms with Crippen LogP contribution in [0.1, 0.15) is 20.3 Å². The fourth-order valence-corrected chi connectivity index (χ4v) is 2.57. The highest BCUT2D eigenvalue weighted by molar-refractivity contribution is 5.96. The zero-order valence-electron chi connectivity index (χ0n) is 10.5. The maximum absolute atomic E-state index is 10.1. The quantitative estimate of drug-likeness (QED) is 0.622. The monoisotopic (exact) mass is 247 g/mol. The second kappa shape index (κ2) is 3.78. The van der Waals surface area contributed by atoms with Crippen molar-refractivity contribution < 1.29 is 9.84 Å². The molecule has 2 aliphatic heterocycles. The van der Waals surface area contributed by atoms with Gasteiger partial charge in [0, 0.05) is 17.7 Å². The number of hydrogen-bond acceptors (Lipinski definition) is 5. The van der Waals surface area contributed by atoms with Crippen LogP contribution in [0.4, 0.5) is 0 Å². The number of nitrogens with two attached hydrogens (primary N) is 1. The van der Waals surface area contributed by atoms with Crippen LogP contribution in [0.25, 0.3) is 0 Å². The Bertz CT molecular complexity index is 502. The normalized spacial score (nSPS) is 33.7. The first-order valence-corrected chi connectivity index (χ1v) is 6.03. The Kier molecular flexibility index (Phi) is 2.45. The molecule has 1 aliphatic carbocycles. The van der Waals surface area contributed by atoms with Crippen LogP contribution in [-0.4, -0.2) is 33.6 Å². The SMILES string of the molecule is CC1(C)N=C2CC3=CC=COC3=CC2N(N)[C@@H]1O. The summed E-state index contributed by atoms with van der Waals surface area (Å²) in [5.74, 6) is 6.80. The molecule has 2 heterocycles. The predicted octanol–water partition coefficient (Wildman–Crippen LogP) is 0.840.